The van der Waals surface area contributed by atoms with E-state index in [1.165, 1.54) is 0 Å². The molecule has 0 aliphatic rings. The molecule has 12 heavy (non-hydrogen) atoms. The molecule has 4 nitrogen and oxygen atoms in total. The number of carboxylic acids is 1. The van der Waals surface area contributed by atoms with Crippen LogP contribution in [0, 0.1) is 0 Å². The summed E-state index contributed by atoms with van der Waals surface area (Å²) in [6.07, 6.45) is -3.20. The molecule has 0 saturated heterocycles. The lowest BCUT2D eigenvalue weighted by atomic mass is 10.1. The molecule has 5 N–H and O–H groups in total. The zero-order valence-electron chi connectivity index (χ0n) is 6.46. The molecular formula is C6H12F2N2O2. The maximum atomic E-state index is 12.1. The first-order valence-electron chi connectivity index (χ1n) is 3.45. The zero-order valence-corrected chi connectivity index (χ0v) is 6.46. The van der Waals surface area contributed by atoms with Crippen LogP contribution in [-0.4, -0.2) is 29.6 Å². The van der Waals surface area contributed by atoms with E-state index in [2.05, 4.69) is 0 Å². The molecule has 0 aromatic rings. The normalized spacial score (nSPS) is 16.1. The highest BCUT2D eigenvalue weighted by molar-refractivity contribution is 5.79. The van der Waals surface area contributed by atoms with Gasteiger partial charge in [-0.3, -0.25) is 0 Å². The van der Waals surface area contributed by atoms with Crippen molar-refractivity contribution < 1.29 is 18.7 Å². The second-order valence-corrected chi connectivity index (χ2v) is 2.54. The number of hydrogen-bond donors (Lipinski definition) is 3. The Balaban J connectivity index is 4.29. The summed E-state index contributed by atoms with van der Waals surface area (Å²) in [7, 11) is 0. The van der Waals surface area contributed by atoms with Crippen molar-refractivity contribution in [3.8, 4) is 0 Å². The first-order chi connectivity index (χ1) is 5.45. The number of carboxylic acid groups (broad SMARTS) is 1. The number of nitrogens with two attached hydrogens (primary N) is 2. The first-order valence-corrected chi connectivity index (χ1v) is 3.45. The second-order valence-electron chi connectivity index (χ2n) is 2.54. The van der Waals surface area contributed by atoms with Crippen LogP contribution in [0.2, 0.25) is 0 Å². The summed E-state index contributed by atoms with van der Waals surface area (Å²) >= 11 is 0. The van der Waals surface area contributed by atoms with Gasteiger partial charge in [0.15, 0.2) is 5.54 Å². The largest absolute Gasteiger partial charge is 0.480 e. The molecule has 0 heterocycles. The fourth-order valence-corrected chi connectivity index (χ4v) is 0.704. The van der Waals surface area contributed by atoms with Crippen molar-refractivity contribution >= 4 is 5.97 Å². The Kier molecular flexibility index (Phi) is 4.05. The quantitative estimate of drug-likeness (QED) is 0.550. The van der Waals surface area contributed by atoms with Gasteiger partial charge in [-0.25, -0.2) is 13.6 Å². The van der Waals surface area contributed by atoms with Crippen LogP contribution in [-0.2, 0) is 4.79 Å². The molecule has 0 aliphatic carbocycles. The fraction of sp³-hybridized carbons (Fsp3) is 0.833. The lowest BCUT2D eigenvalue weighted by Crippen LogP contribution is -2.54. The summed E-state index contributed by atoms with van der Waals surface area (Å²) in [5.41, 5.74) is 7.56. The minimum atomic E-state index is -3.07. The Morgan fingerprint density at radius 1 is 1.58 bits per heavy atom. The minimum Gasteiger partial charge on any atom is -0.480 e. The van der Waals surface area contributed by atoms with Gasteiger partial charge in [-0.2, -0.15) is 0 Å². The number of aliphatic carboxylic acids is 1. The van der Waals surface area contributed by atoms with Gasteiger partial charge in [0.25, 0.3) is 6.43 Å². The highest BCUT2D eigenvalue weighted by Crippen LogP contribution is 2.18. The molecule has 0 rings (SSSR count). The molecule has 0 bridgehead atoms. The highest BCUT2D eigenvalue weighted by Gasteiger charge is 2.42. The van der Waals surface area contributed by atoms with Gasteiger partial charge in [-0.1, -0.05) is 0 Å². The van der Waals surface area contributed by atoms with Gasteiger partial charge in [-0.15, -0.1) is 0 Å². The molecule has 0 aromatic heterocycles. The summed E-state index contributed by atoms with van der Waals surface area (Å²) in [5.74, 6) is -1.69. The lowest BCUT2D eigenvalue weighted by Gasteiger charge is -2.22. The SMILES string of the molecule is NCCC[C@](N)(C(=O)O)[14CH](F)F. The molecule has 6 heteroatoms. The zero-order chi connectivity index (χ0) is 9.78. The lowest BCUT2D eigenvalue weighted by molar-refractivity contribution is -0.150. The minimum absolute atomic E-state index is 0.152. The van der Waals surface area contributed by atoms with E-state index in [1.807, 2.05) is 0 Å². The Hall–Kier alpha value is -0.750. The van der Waals surface area contributed by atoms with Crippen molar-refractivity contribution in [2.75, 3.05) is 6.54 Å². The molecule has 1 atom stereocenters. The standard InChI is InChI=1S/C6H12F2N2O2/c7-4(8)6(10,5(11)12)2-1-3-9/h4H,1-3,9-10H2,(H,11,12)/t6-/m1/s1/i4+2. The van der Waals surface area contributed by atoms with Crippen LogP contribution >= 0.6 is 0 Å². The number of halogens is 2. The van der Waals surface area contributed by atoms with E-state index in [9.17, 15) is 13.6 Å². The van der Waals surface area contributed by atoms with Gasteiger partial charge >= 0.3 is 5.97 Å². The van der Waals surface area contributed by atoms with Crippen molar-refractivity contribution in [2.45, 2.75) is 24.8 Å². The molecule has 0 amide bonds. The highest BCUT2D eigenvalue weighted by atomic mass is 19.4. The number of alkyl halides is 2. The average Bonchev–Trinajstić information content (AvgIpc) is 1.99. The van der Waals surface area contributed by atoms with E-state index in [0.29, 0.717) is 0 Å². The Morgan fingerprint density at radius 3 is 2.33 bits per heavy atom. The first kappa shape index (κ1) is 11.2. The Labute approximate surface area is 68.5 Å². The van der Waals surface area contributed by atoms with E-state index in [4.69, 9.17) is 16.6 Å². The van der Waals surface area contributed by atoms with Gasteiger partial charge in [0.1, 0.15) is 0 Å². The molecule has 0 aliphatic heterocycles. The second kappa shape index (κ2) is 4.32. The van der Waals surface area contributed by atoms with Crippen LogP contribution in [0.3, 0.4) is 0 Å². The molecule has 72 valence electrons. The summed E-state index contributed by atoms with van der Waals surface area (Å²) in [5, 5.41) is 8.38. The predicted molar refractivity (Wildman–Crippen MR) is 38.8 cm³/mol. The molecular weight excluding hydrogens is 172 g/mol. The van der Waals surface area contributed by atoms with Crippen LogP contribution in [0.5, 0.6) is 0 Å². The molecule has 0 spiro atoms. The van der Waals surface area contributed by atoms with Gasteiger partial charge in [0, 0.05) is 0 Å². The van der Waals surface area contributed by atoms with Crippen LogP contribution < -0.4 is 11.5 Å². The molecule has 0 saturated carbocycles. The van der Waals surface area contributed by atoms with E-state index < -0.39 is 17.9 Å². The van der Waals surface area contributed by atoms with E-state index >= 15 is 0 Å². The topological polar surface area (TPSA) is 89.3 Å². The van der Waals surface area contributed by atoms with Crippen molar-refractivity contribution in [1.29, 1.82) is 0 Å². The third-order valence-corrected chi connectivity index (χ3v) is 1.58. The summed E-state index contributed by atoms with van der Waals surface area (Å²) in [6, 6.07) is 0. The van der Waals surface area contributed by atoms with Crippen LogP contribution in [0.15, 0.2) is 0 Å². The van der Waals surface area contributed by atoms with Gasteiger partial charge < -0.3 is 16.6 Å². The van der Waals surface area contributed by atoms with Crippen LogP contribution in [0.4, 0.5) is 8.78 Å². The van der Waals surface area contributed by atoms with Crippen molar-refractivity contribution in [2.24, 2.45) is 11.5 Å². The van der Waals surface area contributed by atoms with Gasteiger partial charge in [0.05, 0.1) is 0 Å². The van der Waals surface area contributed by atoms with Gasteiger partial charge in [0.2, 0.25) is 0 Å². The summed E-state index contributed by atoms with van der Waals surface area (Å²) < 4.78 is 24.2. The van der Waals surface area contributed by atoms with E-state index in [0.717, 1.165) is 0 Å². The van der Waals surface area contributed by atoms with E-state index in [1.54, 1.807) is 0 Å². The van der Waals surface area contributed by atoms with E-state index in [-0.39, 0.29) is 19.4 Å². The number of hydrogen-bond acceptors (Lipinski definition) is 3. The molecule has 0 fully saturated rings. The number of rotatable bonds is 5. The smallest absolute Gasteiger partial charge is 0.329 e. The fourth-order valence-electron chi connectivity index (χ4n) is 0.704. The third kappa shape index (κ3) is 2.38. The monoisotopic (exact) mass is 184 g/mol. The average molecular weight is 184 g/mol. The van der Waals surface area contributed by atoms with Crippen LogP contribution in [0.1, 0.15) is 12.8 Å². The maximum absolute atomic E-state index is 12.1. The predicted octanol–water partition coefficient (Wildman–Crippen LogP) is -0.227. The molecule has 0 unspecified atom stereocenters. The van der Waals surface area contributed by atoms with Crippen molar-refractivity contribution in [1.82, 2.24) is 0 Å². The van der Waals surface area contributed by atoms with Crippen LogP contribution in [0.25, 0.3) is 0 Å². The van der Waals surface area contributed by atoms with Crippen molar-refractivity contribution in [3.63, 3.8) is 0 Å². The summed E-state index contributed by atoms with van der Waals surface area (Å²) in [6.45, 7) is 0.152. The molecule has 0 aromatic carbocycles. The molecule has 0 radical (unpaired) electrons. The maximum Gasteiger partial charge on any atom is 0.329 e. The Morgan fingerprint density at radius 2 is 2.08 bits per heavy atom. The Bertz CT molecular complexity index is 166. The third-order valence-electron chi connectivity index (χ3n) is 1.58. The summed E-state index contributed by atoms with van der Waals surface area (Å²) in [4.78, 5) is 10.3. The van der Waals surface area contributed by atoms with Gasteiger partial charge in [-0.05, 0) is 19.4 Å². The van der Waals surface area contributed by atoms with Crippen molar-refractivity contribution in [3.05, 3.63) is 0 Å². The number of carbonyl (C=O) groups is 1.